The maximum atomic E-state index is 12.9. The maximum Gasteiger partial charge on any atom is 0.328 e. The summed E-state index contributed by atoms with van der Waals surface area (Å²) < 4.78 is 0. The molecule has 1 amide bonds. The Hall–Kier alpha value is -5.24. The number of carboxylic acids is 2. The molecule has 0 saturated carbocycles. The molecule has 0 fully saturated rings. The molecule has 1 aromatic heterocycles. The second-order valence-corrected chi connectivity index (χ2v) is 11.9. The van der Waals surface area contributed by atoms with Crippen molar-refractivity contribution in [1.29, 1.82) is 0 Å². The molecule has 0 aliphatic heterocycles. The quantitative estimate of drug-likeness (QED) is 0.0592. The van der Waals surface area contributed by atoms with E-state index in [1.54, 1.807) is 0 Å². The van der Waals surface area contributed by atoms with E-state index in [2.05, 4.69) is 17.2 Å². The van der Waals surface area contributed by atoms with E-state index in [4.69, 9.17) is 15.2 Å². The normalized spacial score (nSPS) is 11.4. The number of hydrogen-bond acceptors (Lipinski definition) is 4. The summed E-state index contributed by atoms with van der Waals surface area (Å²) in [7, 11) is 0. The lowest BCUT2D eigenvalue weighted by atomic mass is 10.0. The highest BCUT2D eigenvalue weighted by Gasteiger charge is 2.16. The van der Waals surface area contributed by atoms with Crippen LogP contribution < -0.4 is 5.32 Å². The molecular weight excluding hydrogens is 602 g/mol. The minimum Gasteiger partial charge on any atom is -0.478 e. The molecule has 0 atom stereocenters. The third kappa shape index (κ3) is 11.2. The number of aromatic amines is 1. The Labute approximate surface area is 282 Å². The van der Waals surface area contributed by atoms with E-state index in [1.807, 2.05) is 72.8 Å². The van der Waals surface area contributed by atoms with Gasteiger partial charge in [0.15, 0.2) is 0 Å². The van der Waals surface area contributed by atoms with Crippen molar-refractivity contribution in [2.24, 2.45) is 0 Å². The Kier molecular flexibility index (Phi) is 13.9. The summed E-state index contributed by atoms with van der Waals surface area (Å²) in [5.74, 6) is -1.49. The van der Waals surface area contributed by atoms with Crippen molar-refractivity contribution < 1.29 is 24.6 Å². The van der Waals surface area contributed by atoms with Crippen molar-refractivity contribution in [1.82, 2.24) is 15.3 Å². The molecular formula is C40H45N3O5. The summed E-state index contributed by atoms with van der Waals surface area (Å²) >= 11 is 0. The molecule has 0 radical (unpaired) electrons. The second kappa shape index (κ2) is 18.8. The minimum absolute atomic E-state index is 0.0949. The highest BCUT2D eigenvalue weighted by Crippen LogP contribution is 2.33. The van der Waals surface area contributed by atoms with Crippen molar-refractivity contribution in [3.05, 3.63) is 102 Å². The monoisotopic (exact) mass is 647 g/mol. The molecule has 0 aliphatic carbocycles. The zero-order chi connectivity index (χ0) is 34.1. The Morgan fingerprint density at radius 1 is 0.646 bits per heavy atom. The highest BCUT2D eigenvalue weighted by molar-refractivity contribution is 5.95. The Morgan fingerprint density at radius 2 is 1.12 bits per heavy atom. The van der Waals surface area contributed by atoms with Crippen molar-refractivity contribution in [3.63, 3.8) is 0 Å². The lowest BCUT2D eigenvalue weighted by Gasteiger charge is -2.07. The number of carboxylic acid groups (broad SMARTS) is 2. The molecule has 0 spiro atoms. The van der Waals surface area contributed by atoms with Crippen LogP contribution in [0.2, 0.25) is 0 Å². The van der Waals surface area contributed by atoms with Gasteiger partial charge in [0, 0.05) is 41.0 Å². The number of amides is 1. The number of unbranched alkanes of at least 4 members (excludes halogenated alkanes) is 9. The lowest BCUT2D eigenvalue weighted by Crippen LogP contribution is -2.24. The molecule has 4 aromatic rings. The number of aliphatic carboxylic acids is 2. The van der Waals surface area contributed by atoms with Crippen LogP contribution in [-0.4, -0.2) is 44.6 Å². The average molecular weight is 648 g/mol. The van der Waals surface area contributed by atoms with Gasteiger partial charge in [-0.2, -0.15) is 0 Å². The number of nitrogens with zero attached hydrogens (tertiary/aromatic N) is 1. The summed E-state index contributed by atoms with van der Waals surface area (Å²) in [4.78, 5) is 43.1. The van der Waals surface area contributed by atoms with E-state index < -0.39 is 11.9 Å². The first-order chi connectivity index (χ1) is 23.3. The van der Waals surface area contributed by atoms with Gasteiger partial charge in [0.05, 0.1) is 11.4 Å². The molecule has 4 rings (SSSR count). The summed E-state index contributed by atoms with van der Waals surface area (Å²) in [5, 5.41) is 20.9. The molecule has 250 valence electrons. The van der Waals surface area contributed by atoms with E-state index in [0.29, 0.717) is 23.6 Å². The largest absolute Gasteiger partial charge is 0.478 e. The van der Waals surface area contributed by atoms with E-state index in [-0.39, 0.29) is 5.91 Å². The average Bonchev–Trinajstić information content (AvgIpc) is 3.55. The van der Waals surface area contributed by atoms with Crippen LogP contribution in [0.25, 0.3) is 46.1 Å². The fraction of sp³-hybridized carbons (Fsp3) is 0.300. The van der Waals surface area contributed by atoms with Gasteiger partial charge in [-0.15, -0.1) is 0 Å². The molecule has 0 aliphatic rings. The van der Waals surface area contributed by atoms with Crippen LogP contribution >= 0.6 is 0 Å². The summed E-state index contributed by atoms with van der Waals surface area (Å²) in [5.41, 5.74) is 6.06. The number of H-pyrrole nitrogens is 1. The third-order valence-electron chi connectivity index (χ3n) is 8.16. The van der Waals surface area contributed by atoms with E-state index in [9.17, 15) is 14.4 Å². The standard InChI is InChI=1S/C40H45N3O5/c1-2-3-4-5-6-7-8-9-10-11-28-41-40(48)34-24-22-32(23-25-34)38-37(31-18-12-29(13-19-31)16-26-35(44)45)42-39(43-38)33-20-14-30(15-21-33)17-27-36(46)47/h12-27H,2-11,28H2,1H3,(H,41,48)(H,42,43)(H,44,45)(H,46,47). The predicted molar refractivity (Wildman–Crippen MR) is 192 cm³/mol. The van der Waals surface area contributed by atoms with Crippen molar-refractivity contribution in [2.75, 3.05) is 6.54 Å². The first kappa shape index (κ1) is 35.6. The topological polar surface area (TPSA) is 132 Å². The minimum atomic E-state index is -1.01. The van der Waals surface area contributed by atoms with E-state index >= 15 is 0 Å². The van der Waals surface area contributed by atoms with E-state index in [0.717, 1.165) is 58.5 Å². The number of carbonyl (C=O) groups excluding carboxylic acids is 1. The molecule has 1 heterocycles. The predicted octanol–water partition coefficient (Wildman–Crippen LogP) is 9.26. The first-order valence-corrected chi connectivity index (χ1v) is 16.9. The molecule has 0 bridgehead atoms. The second-order valence-electron chi connectivity index (χ2n) is 11.9. The number of aromatic nitrogens is 2. The van der Waals surface area contributed by atoms with E-state index in [1.165, 1.54) is 63.5 Å². The van der Waals surface area contributed by atoms with Gasteiger partial charge in [-0.1, -0.05) is 125 Å². The van der Waals surface area contributed by atoms with Crippen LogP contribution in [0.1, 0.15) is 92.6 Å². The van der Waals surface area contributed by atoms with Crippen LogP contribution in [-0.2, 0) is 9.59 Å². The molecule has 4 N–H and O–H groups in total. The Balaban J connectivity index is 1.44. The summed E-state index contributed by atoms with van der Waals surface area (Å²) in [6.07, 6.45) is 17.8. The number of benzene rings is 3. The number of carbonyl (C=O) groups is 3. The zero-order valence-corrected chi connectivity index (χ0v) is 27.6. The van der Waals surface area contributed by atoms with Crippen LogP contribution in [0, 0.1) is 0 Å². The van der Waals surface area contributed by atoms with Gasteiger partial charge in [-0.05, 0) is 41.8 Å². The summed E-state index contributed by atoms with van der Waals surface area (Å²) in [6.45, 7) is 2.90. The third-order valence-corrected chi connectivity index (χ3v) is 8.16. The van der Waals surface area contributed by atoms with Gasteiger partial charge in [0.2, 0.25) is 0 Å². The van der Waals surface area contributed by atoms with Crippen molar-refractivity contribution in [3.8, 4) is 33.9 Å². The number of imidazole rings is 1. The number of nitrogens with one attached hydrogen (secondary N) is 2. The zero-order valence-electron chi connectivity index (χ0n) is 27.6. The molecule has 8 nitrogen and oxygen atoms in total. The van der Waals surface area contributed by atoms with Crippen LogP contribution in [0.5, 0.6) is 0 Å². The number of rotatable bonds is 19. The lowest BCUT2D eigenvalue weighted by molar-refractivity contribution is -0.132. The SMILES string of the molecule is CCCCCCCCCCCCNC(=O)c1ccc(-c2nc(-c3ccc(C=CC(=O)O)cc3)[nH]c2-c2ccc(C=CC(=O)O)cc2)cc1. The van der Waals surface area contributed by atoms with Gasteiger partial charge in [-0.25, -0.2) is 14.6 Å². The van der Waals surface area contributed by atoms with Crippen molar-refractivity contribution >= 4 is 30.0 Å². The van der Waals surface area contributed by atoms with Gasteiger partial charge < -0.3 is 20.5 Å². The summed E-state index contributed by atoms with van der Waals surface area (Å²) in [6, 6.07) is 22.3. The van der Waals surface area contributed by atoms with Gasteiger partial charge in [0.25, 0.3) is 5.91 Å². The molecule has 3 aromatic carbocycles. The smallest absolute Gasteiger partial charge is 0.328 e. The van der Waals surface area contributed by atoms with Gasteiger partial charge in [0.1, 0.15) is 5.82 Å². The Bertz CT molecular complexity index is 1680. The fourth-order valence-electron chi connectivity index (χ4n) is 5.47. The molecule has 0 saturated heterocycles. The molecule has 0 unspecified atom stereocenters. The highest BCUT2D eigenvalue weighted by atomic mass is 16.4. The van der Waals surface area contributed by atoms with Crippen LogP contribution in [0.15, 0.2) is 84.9 Å². The number of hydrogen-bond donors (Lipinski definition) is 4. The Morgan fingerprint density at radius 3 is 1.65 bits per heavy atom. The van der Waals surface area contributed by atoms with Gasteiger partial charge in [-0.3, -0.25) is 4.79 Å². The fourth-order valence-corrected chi connectivity index (χ4v) is 5.47. The first-order valence-electron chi connectivity index (χ1n) is 16.9. The maximum absolute atomic E-state index is 12.9. The molecule has 48 heavy (non-hydrogen) atoms. The van der Waals surface area contributed by atoms with Gasteiger partial charge >= 0.3 is 11.9 Å². The van der Waals surface area contributed by atoms with Crippen molar-refractivity contribution in [2.45, 2.75) is 71.1 Å². The van der Waals surface area contributed by atoms with Crippen LogP contribution in [0.4, 0.5) is 0 Å². The van der Waals surface area contributed by atoms with Crippen LogP contribution in [0.3, 0.4) is 0 Å². The molecule has 8 heteroatoms.